The Morgan fingerprint density at radius 3 is 2.76 bits per heavy atom. The summed E-state index contributed by atoms with van der Waals surface area (Å²) in [4.78, 5) is 25.5. The average Bonchev–Trinajstić information content (AvgIpc) is 2.57. The number of carbonyl (C=O) groups excluding carboxylic acids is 1. The molecule has 7 nitrogen and oxygen atoms in total. The van der Waals surface area contributed by atoms with Gasteiger partial charge in [-0.1, -0.05) is 20.8 Å². The van der Waals surface area contributed by atoms with Gasteiger partial charge < -0.3 is 14.9 Å². The highest BCUT2D eigenvalue weighted by Crippen LogP contribution is 2.30. The van der Waals surface area contributed by atoms with E-state index in [0.717, 1.165) is 0 Å². The third-order valence-corrected chi connectivity index (χ3v) is 2.54. The molecule has 0 amide bonds. The van der Waals surface area contributed by atoms with Crippen molar-refractivity contribution in [3.05, 3.63) is 16.3 Å². The van der Waals surface area contributed by atoms with Gasteiger partial charge in [-0.15, -0.1) is 0 Å². The maximum absolute atomic E-state index is 11.8. The number of ketones is 1. The molecule has 0 unspecified atom stereocenters. The fourth-order valence-corrected chi connectivity index (χ4v) is 1.76. The van der Waals surface area contributed by atoms with Crippen LogP contribution in [0.15, 0.2) is 6.20 Å². The van der Waals surface area contributed by atoms with Crippen LogP contribution in [0.3, 0.4) is 0 Å². The largest absolute Gasteiger partial charge is 0.434 e. The van der Waals surface area contributed by atoms with Crippen LogP contribution >= 0.6 is 0 Å². The molecular weight excluding hydrogens is 226 g/mol. The average molecular weight is 239 g/mol. The minimum absolute atomic E-state index is 0.0676. The third-order valence-electron chi connectivity index (χ3n) is 2.54. The number of imidazole rings is 1. The Hall–Kier alpha value is -1.92. The van der Waals surface area contributed by atoms with E-state index in [0.29, 0.717) is 0 Å². The van der Waals surface area contributed by atoms with Crippen LogP contribution in [0.25, 0.3) is 0 Å². The van der Waals surface area contributed by atoms with Gasteiger partial charge in [0.2, 0.25) is 0 Å². The Bertz CT molecular complexity index is 486. The van der Waals surface area contributed by atoms with Crippen molar-refractivity contribution in [3.8, 4) is 6.01 Å². The van der Waals surface area contributed by atoms with Gasteiger partial charge in [-0.3, -0.25) is 9.36 Å². The molecule has 1 aromatic rings. The maximum Gasteiger partial charge on any atom is 0.415 e. The first kappa shape index (κ1) is 11.6. The van der Waals surface area contributed by atoms with Crippen molar-refractivity contribution in [1.82, 2.24) is 9.55 Å². The van der Waals surface area contributed by atoms with Crippen LogP contribution in [-0.4, -0.2) is 26.4 Å². The molecule has 0 N–H and O–H groups in total. The highest BCUT2D eigenvalue weighted by molar-refractivity contribution is 5.85. The number of carbonyl (C=O) groups is 1. The molecule has 0 saturated heterocycles. The summed E-state index contributed by atoms with van der Waals surface area (Å²) in [5.74, 6) is -0.403. The molecule has 0 aliphatic carbocycles. The van der Waals surface area contributed by atoms with Crippen LogP contribution in [-0.2, 0) is 11.3 Å². The second-order valence-electron chi connectivity index (χ2n) is 5.10. The van der Waals surface area contributed by atoms with Crippen LogP contribution in [0.2, 0.25) is 0 Å². The molecule has 0 aromatic carbocycles. The number of aromatic nitrogens is 2. The minimum Gasteiger partial charge on any atom is -0.434 e. The molecule has 1 aliphatic rings. The number of fused-ring (bicyclic) bond motifs is 1. The van der Waals surface area contributed by atoms with Crippen molar-refractivity contribution in [2.75, 3.05) is 0 Å². The molecule has 1 aliphatic heterocycles. The van der Waals surface area contributed by atoms with Gasteiger partial charge in [0.15, 0.2) is 11.9 Å². The molecule has 0 spiro atoms. The van der Waals surface area contributed by atoms with Crippen LogP contribution in [0.4, 0.5) is 5.82 Å². The summed E-state index contributed by atoms with van der Waals surface area (Å²) in [5.41, 5.74) is -0.358. The molecular formula is C10H13N3O4. The second kappa shape index (κ2) is 3.54. The summed E-state index contributed by atoms with van der Waals surface area (Å²) in [6.07, 6.45) is 0.601. The van der Waals surface area contributed by atoms with Crippen molar-refractivity contribution >= 4 is 11.6 Å². The Balaban J connectivity index is 2.35. The Morgan fingerprint density at radius 2 is 2.24 bits per heavy atom. The van der Waals surface area contributed by atoms with Gasteiger partial charge in [0.1, 0.15) is 6.20 Å². The van der Waals surface area contributed by atoms with Gasteiger partial charge in [0.05, 0.1) is 6.54 Å². The van der Waals surface area contributed by atoms with Crippen LogP contribution in [0, 0.1) is 15.5 Å². The fraction of sp³-hybridized carbons (Fsp3) is 0.600. The van der Waals surface area contributed by atoms with Crippen LogP contribution in [0.1, 0.15) is 20.8 Å². The van der Waals surface area contributed by atoms with E-state index < -0.39 is 11.0 Å². The van der Waals surface area contributed by atoms with Crippen LogP contribution in [0.5, 0.6) is 6.01 Å². The summed E-state index contributed by atoms with van der Waals surface area (Å²) < 4.78 is 6.80. The van der Waals surface area contributed by atoms with Gasteiger partial charge >= 0.3 is 11.8 Å². The number of nitro groups is 1. The van der Waals surface area contributed by atoms with Crippen molar-refractivity contribution in [2.45, 2.75) is 33.4 Å². The quantitative estimate of drug-likeness (QED) is 0.542. The van der Waals surface area contributed by atoms with E-state index in [1.165, 1.54) is 10.8 Å². The lowest BCUT2D eigenvalue weighted by atomic mass is 9.86. The van der Waals surface area contributed by atoms with E-state index in [1.54, 1.807) is 0 Å². The number of Topliss-reactive ketones (excluding diaryl/α,β-unsaturated/α-hetero) is 1. The molecule has 0 radical (unpaired) electrons. The van der Waals surface area contributed by atoms with E-state index in [9.17, 15) is 14.9 Å². The van der Waals surface area contributed by atoms with Gasteiger partial charge in [-0.05, 0) is 4.92 Å². The highest BCUT2D eigenvalue weighted by atomic mass is 16.6. The molecule has 2 heterocycles. The Morgan fingerprint density at radius 1 is 1.59 bits per heavy atom. The second-order valence-corrected chi connectivity index (χ2v) is 5.10. The predicted octanol–water partition coefficient (Wildman–Crippen LogP) is 1.17. The predicted molar refractivity (Wildman–Crippen MR) is 57.8 cm³/mol. The number of nitrogens with zero attached hydrogens (tertiary/aromatic N) is 3. The number of rotatable bonds is 1. The molecule has 1 aromatic heterocycles. The lowest BCUT2D eigenvalue weighted by Crippen LogP contribution is -2.44. The zero-order valence-corrected chi connectivity index (χ0v) is 9.84. The molecule has 92 valence electrons. The summed E-state index contributed by atoms with van der Waals surface area (Å²) in [6, 6.07) is 0.135. The molecule has 0 fully saturated rings. The van der Waals surface area contributed by atoms with E-state index in [4.69, 9.17) is 4.74 Å². The van der Waals surface area contributed by atoms with E-state index in [-0.39, 0.29) is 29.6 Å². The van der Waals surface area contributed by atoms with Gasteiger partial charge in [-0.2, -0.15) is 0 Å². The molecule has 2 rings (SSSR count). The number of hydrogen-bond acceptors (Lipinski definition) is 5. The smallest absolute Gasteiger partial charge is 0.415 e. The lowest BCUT2D eigenvalue weighted by Gasteiger charge is -2.31. The SMILES string of the molecule is CC(C)(C)[C@@H]1Oc2nc([N+](=O)[O-])cn2CC1=O. The highest BCUT2D eigenvalue weighted by Gasteiger charge is 2.40. The topological polar surface area (TPSA) is 87.3 Å². The Labute approximate surface area is 97.5 Å². The maximum atomic E-state index is 11.8. The summed E-state index contributed by atoms with van der Waals surface area (Å²) >= 11 is 0. The van der Waals surface area contributed by atoms with E-state index in [2.05, 4.69) is 4.98 Å². The molecule has 7 heteroatoms. The fourth-order valence-electron chi connectivity index (χ4n) is 1.76. The summed E-state index contributed by atoms with van der Waals surface area (Å²) in [6.45, 7) is 5.70. The molecule has 0 bridgehead atoms. The first-order valence-corrected chi connectivity index (χ1v) is 5.20. The van der Waals surface area contributed by atoms with E-state index in [1.807, 2.05) is 20.8 Å². The first-order chi connectivity index (χ1) is 7.79. The van der Waals surface area contributed by atoms with Crippen molar-refractivity contribution in [1.29, 1.82) is 0 Å². The van der Waals surface area contributed by atoms with Gasteiger partial charge in [0.25, 0.3) is 0 Å². The molecule has 1 atom stereocenters. The molecule has 0 saturated carbocycles. The zero-order valence-electron chi connectivity index (χ0n) is 9.84. The Kier molecular flexibility index (Phi) is 2.41. The lowest BCUT2D eigenvalue weighted by molar-refractivity contribution is -0.389. The summed E-state index contributed by atoms with van der Waals surface area (Å²) in [7, 11) is 0. The normalized spacial score (nSPS) is 19.7. The van der Waals surface area contributed by atoms with Crippen molar-refractivity contribution in [3.63, 3.8) is 0 Å². The first-order valence-electron chi connectivity index (χ1n) is 5.20. The molecule has 17 heavy (non-hydrogen) atoms. The van der Waals surface area contributed by atoms with Crippen LogP contribution < -0.4 is 4.74 Å². The standard InChI is InChI=1S/C10H13N3O4/c1-10(2,3)8-6(14)4-12-5-7(13(15)16)11-9(12)17-8/h5,8H,4H2,1-3H3/t8-/m1/s1. The van der Waals surface area contributed by atoms with Gasteiger partial charge in [0, 0.05) is 10.4 Å². The summed E-state index contributed by atoms with van der Waals surface area (Å²) in [5, 5.41) is 10.6. The minimum atomic E-state index is -0.614. The van der Waals surface area contributed by atoms with E-state index >= 15 is 0 Å². The monoisotopic (exact) mass is 239 g/mol. The van der Waals surface area contributed by atoms with Crippen molar-refractivity contribution in [2.24, 2.45) is 5.41 Å². The number of hydrogen-bond donors (Lipinski definition) is 0. The van der Waals surface area contributed by atoms with Crippen molar-refractivity contribution < 1.29 is 14.5 Å². The number of ether oxygens (including phenoxy) is 1. The zero-order chi connectivity index (χ0) is 12.8. The van der Waals surface area contributed by atoms with Gasteiger partial charge in [-0.25, -0.2) is 0 Å². The third kappa shape index (κ3) is 2.00.